The van der Waals surface area contributed by atoms with Crippen molar-refractivity contribution in [2.45, 2.75) is 19.8 Å². The molecule has 0 spiro atoms. The fourth-order valence-electron chi connectivity index (χ4n) is 0.463. The highest BCUT2D eigenvalue weighted by Crippen LogP contribution is 1.88. The summed E-state index contributed by atoms with van der Waals surface area (Å²) < 4.78 is 8.89. The Kier molecular flexibility index (Phi) is 11.7. The molecule has 16 heavy (non-hydrogen) atoms. The van der Waals surface area contributed by atoms with Crippen LogP contribution in [0.25, 0.3) is 0 Å². The number of unbranched alkanes of at least 4 members (excludes halogenated alkanes) is 1. The first-order chi connectivity index (χ1) is 7.49. The summed E-state index contributed by atoms with van der Waals surface area (Å²) in [5, 5.41) is 7.96. The van der Waals surface area contributed by atoms with Crippen LogP contribution in [0.2, 0.25) is 0 Å². The Balaban J connectivity index is 0. The van der Waals surface area contributed by atoms with E-state index in [1.54, 1.807) is 0 Å². The van der Waals surface area contributed by atoms with Crippen molar-refractivity contribution < 1.29 is 24.2 Å². The van der Waals surface area contributed by atoms with Crippen LogP contribution in [0, 0.1) is 0 Å². The molecule has 0 aliphatic carbocycles. The largest absolute Gasteiger partial charge is 0.490 e. The van der Waals surface area contributed by atoms with E-state index >= 15 is 0 Å². The summed E-state index contributed by atoms with van der Waals surface area (Å²) in [5.74, 6) is -1.69. The SMILES string of the molecule is C=C(OC)C(=O)O.C=CC(=O)OCCCC. The third-order valence-electron chi connectivity index (χ3n) is 1.39. The molecule has 0 aliphatic rings. The molecule has 0 radical (unpaired) electrons. The summed E-state index contributed by atoms with van der Waals surface area (Å²) in [6.45, 7) is 8.87. The quantitative estimate of drug-likeness (QED) is 0.325. The fraction of sp³-hybridized carbons (Fsp3) is 0.455. The molecule has 0 amide bonds. The number of carbonyl (C=O) groups excluding carboxylic acids is 1. The van der Waals surface area contributed by atoms with Gasteiger partial charge in [0.15, 0.2) is 5.76 Å². The minimum absolute atomic E-state index is 0.236. The van der Waals surface area contributed by atoms with Crippen LogP contribution < -0.4 is 0 Å². The molecule has 0 aromatic carbocycles. The van der Waals surface area contributed by atoms with Gasteiger partial charge >= 0.3 is 11.9 Å². The topological polar surface area (TPSA) is 72.8 Å². The summed E-state index contributed by atoms with van der Waals surface area (Å²) in [6, 6.07) is 0. The van der Waals surface area contributed by atoms with Gasteiger partial charge in [-0.3, -0.25) is 0 Å². The lowest BCUT2D eigenvalue weighted by Gasteiger charge is -1.97. The Bertz CT molecular complexity index is 245. The Morgan fingerprint density at radius 2 is 2.00 bits per heavy atom. The van der Waals surface area contributed by atoms with Crippen LogP contribution in [-0.2, 0) is 19.1 Å². The molecule has 1 N–H and O–H groups in total. The Hall–Kier alpha value is -1.78. The normalized spacial score (nSPS) is 8.12. The molecule has 0 aliphatic heterocycles. The molecular weight excluding hydrogens is 212 g/mol. The number of rotatable bonds is 6. The zero-order valence-corrected chi connectivity index (χ0v) is 9.69. The molecule has 0 fully saturated rings. The molecule has 0 rings (SSSR count). The number of carboxylic acid groups (broad SMARTS) is 1. The average molecular weight is 230 g/mol. The number of esters is 1. The summed E-state index contributed by atoms with van der Waals surface area (Å²) in [4.78, 5) is 20.1. The van der Waals surface area contributed by atoms with Crippen LogP contribution in [0.4, 0.5) is 0 Å². The number of methoxy groups -OCH3 is 1. The van der Waals surface area contributed by atoms with Gasteiger partial charge in [0.25, 0.3) is 0 Å². The molecule has 5 nitrogen and oxygen atoms in total. The van der Waals surface area contributed by atoms with E-state index in [0.717, 1.165) is 12.8 Å². The maximum atomic E-state index is 10.3. The molecule has 0 saturated heterocycles. The molecule has 0 aromatic heterocycles. The zero-order valence-electron chi connectivity index (χ0n) is 9.69. The first-order valence-corrected chi connectivity index (χ1v) is 4.74. The van der Waals surface area contributed by atoms with E-state index < -0.39 is 5.97 Å². The summed E-state index contributed by atoms with van der Waals surface area (Å²) in [6.07, 6.45) is 3.15. The second-order valence-corrected chi connectivity index (χ2v) is 2.66. The van der Waals surface area contributed by atoms with E-state index in [1.807, 2.05) is 6.92 Å². The van der Waals surface area contributed by atoms with E-state index in [0.29, 0.717) is 6.61 Å². The Morgan fingerprint density at radius 1 is 1.44 bits per heavy atom. The van der Waals surface area contributed by atoms with Crippen LogP contribution in [-0.4, -0.2) is 30.8 Å². The molecular formula is C11H18O5. The van der Waals surface area contributed by atoms with Gasteiger partial charge in [0, 0.05) is 6.08 Å². The maximum absolute atomic E-state index is 10.3. The minimum atomic E-state index is -1.12. The number of carbonyl (C=O) groups is 2. The minimum Gasteiger partial charge on any atom is -0.490 e. The van der Waals surface area contributed by atoms with E-state index in [2.05, 4.69) is 22.6 Å². The second kappa shape index (κ2) is 11.3. The van der Waals surface area contributed by atoms with Crippen molar-refractivity contribution in [2.24, 2.45) is 0 Å². The third kappa shape index (κ3) is 12.2. The van der Waals surface area contributed by atoms with Gasteiger partial charge in [-0.1, -0.05) is 19.9 Å². The lowest BCUT2D eigenvalue weighted by molar-refractivity contribution is -0.138. The summed E-state index contributed by atoms with van der Waals surface area (Å²) in [5.41, 5.74) is 0. The molecule has 5 heteroatoms. The monoisotopic (exact) mass is 230 g/mol. The predicted molar refractivity (Wildman–Crippen MR) is 59.8 cm³/mol. The van der Waals surface area contributed by atoms with Crippen molar-refractivity contribution in [3.8, 4) is 0 Å². The van der Waals surface area contributed by atoms with Gasteiger partial charge in [-0.05, 0) is 13.0 Å². The molecule has 0 unspecified atom stereocenters. The Morgan fingerprint density at radius 3 is 2.25 bits per heavy atom. The zero-order chi connectivity index (χ0) is 13.0. The third-order valence-corrected chi connectivity index (χ3v) is 1.39. The van der Waals surface area contributed by atoms with Crippen molar-refractivity contribution >= 4 is 11.9 Å². The molecule has 0 atom stereocenters. The van der Waals surface area contributed by atoms with Gasteiger partial charge < -0.3 is 14.6 Å². The van der Waals surface area contributed by atoms with Gasteiger partial charge in [-0.25, -0.2) is 9.59 Å². The van der Waals surface area contributed by atoms with E-state index in [4.69, 9.17) is 5.11 Å². The molecule has 0 bridgehead atoms. The molecule has 0 aromatic rings. The number of aliphatic carboxylic acids is 1. The Labute approximate surface area is 95.4 Å². The van der Waals surface area contributed by atoms with Crippen LogP contribution in [0.15, 0.2) is 25.0 Å². The van der Waals surface area contributed by atoms with Gasteiger partial charge in [-0.2, -0.15) is 0 Å². The van der Waals surface area contributed by atoms with E-state index in [1.165, 1.54) is 13.2 Å². The average Bonchev–Trinajstić information content (AvgIpc) is 2.28. The predicted octanol–water partition coefficient (Wildman–Crippen LogP) is 1.75. The maximum Gasteiger partial charge on any atom is 0.370 e. The molecule has 92 valence electrons. The highest BCUT2D eigenvalue weighted by Gasteiger charge is 1.98. The van der Waals surface area contributed by atoms with Gasteiger partial charge in [0.2, 0.25) is 0 Å². The van der Waals surface area contributed by atoms with Crippen LogP contribution in [0.3, 0.4) is 0 Å². The standard InChI is InChI=1S/C7H12O2.C4H6O3/c1-3-5-6-9-7(8)4-2;1-3(7-2)4(5)6/h4H,2-3,5-6H2,1H3;1H2,2H3,(H,5,6). The van der Waals surface area contributed by atoms with Crippen molar-refractivity contribution in [1.82, 2.24) is 0 Å². The number of hydrogen-bond acceptors (Lipinski definition) is 4. The fourth-order valence-corrected chi connectivity index (χ4v) is 0.463. The first-order valence-electron chi connectivity index (χ1n) is 4.74. The number of hydrogen-bond donors (Lipinski definition) is 1. The lowest BCUT2D eigenvalue weighted by Crippen LogP contribution is -2.00. The molecule has 0 saturated carbocycles. The van der Waals surface area contributed by atoms with Crippen molar-refractivity contribution in [3.63, 3.8) is 0 Å². The van der Waals surface area contributed by atoms with E-state index in [-0.39, 0.29) is 11.7 Å². The highest BCUT2D eigenvalue weighted by molar-refractivity contribution is 5.83. The van der Waals surface area contributed by atoms with Crippen LogP contribution in [0.5, 0.6) is 0 Å². The van der Waals surface area contributed by atoms with Crippen molar-refractivity contribution in [2.75, 3.05) is 13.7 Å². The molecule has 0 heterocycles. The number of carboxylic acids is 1. The smallest absolute Gasteiger partial charge is 0.370 e. The summed E-state index contributed by atoms with van der Waals surface area (Å²) >= 11 is 0. The van der Waals surface area contributed by atoms with Gasteiger partial charge in [0.1, 0.15) is 0 Å². The van der Waals surface area contributed by atoms with E-state index in [9.17, 15) is 9.59 Å². The second-order valence-electron chi connectivity index (χ2n) is 2.66. The summed E-state index contributed by atoms with van der Waals surface area (Å²) in [7, 11) is 1.26. The van der Waals surface area contributed by atoms with Gasteiger partial charge in [0.05, 0.1) is 13.7 Å². The van der Waals surface area contributed by atoms with Crippen molar-refractivity contribution in [3.05, 3.63) is 25.0 Å². The highest BCUT2D eigenvalue weighted by atomic mass is 16.5. The first kappa shape index (κ1) is 16.6. The van der Waals surface area contributed by atoms with Crippen molar-refractivity contribution in [1.29, 1.82) is 0 Å². The lowest BCUT2D eigenvalue weighted by atomic mass is 10.4. The number of ether oxygens (including phenoxy) is 2. The van der Waals surface area contributed by atoms with Gasteiger partial charge in [-0.15, -0.1) is 0 Å². The van der Waals surface area contributed by atoms with Crippen LogP contribution >= 0.6 is 0 Å². The van der Waals surface area contributed by atoms with Crippen LogP contribution in [0.1, 0.15) is 19.8 Å².